The molecule has 0 radical (unpaired) electrons. The Morgan fingerprint density at radius 1 is 1.47 bits per heavy atom. The molecule has 2 rings (SSSR count). The number of ether oxygens (including phenoxy) is 1. The molecule has 0 saturated heterocycles. The number of rotatable bonds is 2. The molecule has 0 aromatic carbocycles. The van der Waals surface area contributed by atoms with E-state index in [1.165, 1.54) is 13.3 Å². The number of carboxylic acids is 1. The highest BCUT2D eigenvalue weighted by atomic mass is 16.5. The van der Waals surface area contributed by atoms with E-state index in [0.29, 0.717) is 11.7 Å². The van der Waals surface area contributed by atoms with Crippen molar-refractivity contribution in [2.75, 3.05) is 7.11 Å². The lowest BCUT2D eigenvalue weighted by molar-refractivity contribution is 0.0691. The third kappa shape index (κ3) is 1.50. The van der Waals surface area contributed by atoms with Gasteiger partial charge in [-0.2, -0.15) is 4.98 Å². The lowest BCUT2D eigenvalue weighted by Gasteiger charge is -2.02. The van der Waals surface area contributed by atoms with E-state index in [0.717, 1.165) is 5.56 Å². The fraction of sp³-hybridized carbons (Fsp3) is 0.222. The van der Waals surface area contributed by atoms with Crippen molar-refractivity contribution in [1.82, 2.24) is 14.4 Å². The van der Waals surface area contributed by atoms with Gasteiger partial charge >= 0.3 is 5.97 Å². The van der Waals surface area contributed by atoms with Crippen LogP contribution in [0.4, 0.5) is 0 Å². The average Bonchev–Trinajstić information content (AvgIpc) is 2.59. The lowest BCUT2D eigenvalue weighted by atomic mass is 10.4. The van der Waals surface area contributed by atoms with Gasteiger partial charge in [0.25, 0.3) is 0 Å². The highest BCUT2D eigenvalue weighted by Gasteiger charge is 2.11. The van der Waals surface area contributed by atoms with Crippen LogP contribution in [-0.2, 0) is 0 Å². The van der Waals surface area contributed by atoms with Crippen molar-refractivity contribution in [2.24, 2.45) is 0 Å². The zero-order valence-electron chi connectivity index (χ0n) is 8.26. The van der Waals surface area contributed by atoms with Crippen molar-refractivity contribution >= 4 is 11.7 Å². The first-order valence-electron chi connectivity index (χ1n) is 4.25. The summed E-state index contributed by atoms with van der Waals surface area (Å²) in [4.78, 5) is 18.6. The van der Waals surface area contributed by atoms with Gasteiger partial charge in [-0.1, -0.05) is 0 Å². The number of hydrogen-bond donors (Lipinski definition) is 1. The van der Waals surface area contributed by atoms with Gasteiger partial charge in [-0.3, -0.25) is 4.40 Å². The predicted octanol–water partition coefficient (Wildman–Crippen LogP) is 0.745. The highest BCUT2D eigenvalue weighted by Crippen LogP contribution is 2.15. The van der Waals surface area contributed by atoms with Crippen LogP contribution in [0.15, 0.2) is 12.4 Å². The van der Waals surface area contributed by atoms with Crippen molar-refractivity contribution < 1.29 is 14.6 Å². The van der Waals surface area contributed by atoms with Crippen LogP contribution in [0.2, 0.25) is 0 Å². The van der Waals surface area contributed by atoms with Gasteiger partial charge in [-0.05, 0) is 6.92 Å². The summed E-state index contributed by atoms with van der Waals surface area (Å²) in [5.74, 6) is -0.308. The number of aryl methyl sites for hydroxylation is 1. The fourth-order valence-corrected chi connectivity index (χ4v) is 1.31. The van der Waals surface area contributed by atoms with Crippen molar-refractivity contribution in [3.05, 3.63) is 23.7 Å². The zero-order chi connectivity index (χ0) is 11.0. The maximum atomic E-state index is 10.7. The van der Waals surface area contributed by atoms with E-state index < -0.39 is 5.97 Å². The second-order valence-electron chi connectivity index (χ2n) is 3.07. The molecule has 0 aliphatic rings. The summed E-state index contributed by atoms with van der Waals surface area (Å²) in [6, 6.07) is 0. The van der Waals surface area contributed by atoms with Gasteiger partial charge in [0.2, 0.25) is 11.7 Å². The van der Waals surface area contributed by atoms with Gasteiger partial charge in [0, 0.05) is 18.0 Å². The summed E-state index contributed by atoms with van der Waals surface area (Å²) in [7, 11) is 1.51. The molecule has 0 aliphatic heterocycles. The first-order valence-corrected chi connectivity index (χ1v) is 4.25. The maximum absolute atomic E-state index is 10.7. The van der Waals surface area contributed by atoms with Gasteiger partial charge in [0.15, 0.2) is 5.69 Å². The summed E-state index contributed by atoms with van der Waals surface area (Å²) in [6.45, 7) is 1.83. The number of methoxy groups -OCH3 is 1. The predicted molar refractivity (Wildman–Crippen MR) is 51.2 cm³/mol. The SMILES string of the molecule is COc1nc2nc(C(=O)O)cn2cc1C. The molecule has 0 amide bonds. The van der Waals surface area contributed by atoms with E-state index in [2.05, 4.69) is 9.97 Å². The van der Waals surface area contributed by atoms with Crippen LogP contribution in [0.5, 0.6) is 5.88 Å². The quantitative estimate of drug-likeness (QED) is 0.786. The second kappa shape index (κ2) is 3.23. The smallest absolute Gasteiger partial charge is 0.356 e. The van der Waals surface area contributed by atoms with Gasteiger partial charge in [-0.15, -0.1) is 0 Å². The van der Waals surface area contributed by atoms with E-state index in [1.807, 2.05) is 6.92 Å². The number of aromatic nitrogens is 3. The van der Waals surface area contributed by atoms with Crippen molar-refractivity contribution in [2.45, 2.75) is 6.92 Å². The molecule has 78 valence electrons. The summed E-state index contributed by atoms with van der Waals surface area (Å²) < 4.78 is 6.57. The fourth-order valence-electron chi connectivity index (χ4n) is 1.31. The van der Waals surface area contributed by atoms with Crippen molar-refractivity contribution in [3.63, 3.8) is 0 Å². The molecule has 6 heteroatoms. The second-order valence-corrected chi connectivity index (χ2v) is 3.07. The molecule has 1 N–H and O–H groups in total. The molecule has 2 aromatic rings. The Hall–Kier alpha value is -2.11. The first-order chi connectivity index (χ1) is 7.11. The molecule has 0 unspecified atom stereocenters. The minimum atomic E-state index is -1.07. The molecule has 0 fully saturated rings. The molecule has 0 atom stereocenters. The first kappa shape index (κ1) is 9.45. The van der Waals surface area contributed by atoms with Crippen LogP contribution in [0.3, 0.4) is 0 Å². The van der Waals surface area contributed by atoms with E-state index in [-0.39, 0.29) is 5.69 Å². The van der Waals surface area contributed by atoms with Gasteiger partial charge in [0.1, 0.15) is 0 Å². The van der Waals surface area contributed by atoms with Crippen molar-refractivity contribution in [1.29, 1.82) is 0 Å². The molecule has 0 aliphatic carbocycles. The Morgan fingerprint density at radius 2 is 2.20 bits per heavy atom. The third-order valence-corrected chi connectivity index (χ3v) is 2.00. The van der Waals surface area contributed by atoms with E-state index in [9.17, 15) is 4.79 Å². The van der Waals surface area contributed by atoms with Crippen LogP contribution in [0.1, 0.15) is 16.1 Å². The topological polar surface area (TPSA) is 76.7 Å². The normalized spacial score (nSPS) is 10.5. The van der Waals surface area contributed by atoms with Gasteiger partial charge < -0.3 is 9.84 Å². The van der Waals surface area contributed by atoms with E-state index >= 15 is 0 Å². The monoisotopic (exact) mass is 207 g/mol. The Balaban J connectivity index is 2.66. The van der Waals surface area contributed by atoms with Crippen molar-refractivity contribution in [3.8, 4) is 5.88 Å². The Bertz CT molecular complexity index is 533. The van der Waals surface area contributed by atoms with Gasteiger partial charge in [0.05, 0.1) is 7.11 Å². The lowest BCUT2D eigenvalue weighted by Crippen LogP contribution is -1.96. The van der Waals surface area contributed by atoms with Crippen LogP contribution < -0.4 is 4.74 Å². The highest BCUT2D eigenvalue weighted by molar-refractivity contribution is 5.85. The summed E-state index contributed by atoms with van der Waals surface area (Å²) in [5.41, 5.74) is 0.787. The number of nitrogens with zero attached hydrogens (tertiary/aromatic N) is 3. The van der Waals surface area contributed by atoms with E-state index in [4.69, 9.17) is 9.84 Å². The number of aromatic carboxylic acids is 1. The molecule has 0 spiro atoms. The largest absolute Gasteiger partial charge is 0.481 e. The number of fused-ring (bicyclic) bond motifs is 1. The molecule has 0 saturated carbocycles. The zero-order valence-corrected chi connectivity index (χ0v) is 8.26. The minimum absolute atomic E-state index is 0.0323. The Kier molecular flexibility index (Phi) is 2.03. The summed E-state index contributed by atoms with van der Waals surface area (Å²) in [5, 5.41) is 8.75. The molecule has 2 aromatic heterocycles. The Morgan fingerprint density at radius 3 is 2.80 bits per heavy atom. The standard InChI is InChI=1S/C9H9N3O3/c1-5-3-12-4-6(8(13)14)10-9(12)11-7(5)15-2/h3-4H,1-2H3,(H,13,14). The molecule has 15 heavy (non-hydrogen) atoms. The molecular weight excluding hydrogens is 198 g/mol. The van der Waals surface area contributed by atoms with Gasteiger partial charge in [-0.25, -0.2) is 9.78 Å². The average molecular weight is 207 g/mol. The number of carbonyl (C=O) groups is 1. The molecular formula is C9H9N3O3. The van der Waals surface area contributed by atoms with Crippen LogP contribution >= 0.6 is 0 Å². The minimum Gasteiger partial charge on any atom is -0.481 e. The Labute approximate surface area is 85.2 Å². The number of carboxylic acid groups (broad SMARTS) is 1. The summed E-state index contributed by atoms with van der Waals surface area (Å²) in [6.07, 6.45) is 3.14. The molecule has 6 nitrogen and oxygen atoms in total. The number of imidazole rings is 1. The molecule has 0 bridgehead atoms. The van der Waals surface area contributed by atoms with Crippen LogP contribution in [0, 0.1) is 6.92 Å². The summed E-state index contributed by atoms with van der Waals surface area (Å²) >= 11 is 0. The van der Waals surface area contributed by atoms with Crippen LogP contribution in [0.25, 0.3) is 5.78 Å². The number of hydrogen-bond acceptors (Lipinski definition) is 4. The third-order valence-electron chi connectivity index (χ3n) is 2.00. The molecule has 2 heterocycles. The van der Waals surface area contributed by atoms with Crippen LogP contribution in [-0.4, -0.2) is 32.6 Å². The van der Waals surface area contributed by atoms with E-state index in [1.54, 1.807) is 10.6 Å². The maximum Gasteiger partial charge on any atom is 0.356 e.